The molecule has 0 saturated heterocycles. The van der Waals surface area contributed by atoms with Gasteiger partial charge in [0.1, 0.15) is 16.9 Å². The predicted molar refractivity (Wildman–Crippen MR) is 177 cm³/mol. The predicted octanol–water partition coefficient (Wildman–Crippen LogP) is 9.93. The Balaban J connectivity index is 1.23. The van der Waals surface area contributed by atoms with E-state index < -0.39 is 0 Å². The minimum absolute atomic E-state index is 0.553. The van der Waals surface area contributed by atoms with Gasteiger partial charge in [0, 0.05) is 33.9 Å². The molecule has 1 radical (unpaired) electrons. The summed E-state index contributed by atoms with van der Waals surface area (Å²) in [5.41, 5.74) is 6.95. The normalized spacial score (nSPS) is 11.4. The van der Waals surface area contributed by atoms with E-state index in [-0.39, 0.29) is 0 Å². The highest BCUT2D eigenvalue weighted by Gasteiger charge is 2.16. The minimum Gasteiger partial charge on any atom is -0.537 e. The summed E-state index contributed by atoms with van der Waals surface area (Å²) >= 11 is 0. The number of hydrogen-bond donors (Lipinski definition) is 1. The average Bonchev–Trinajstić information content (AvgIpc) is 3.41. The van der Waals surface area contributed by atoms with E-state index in [0.29, 0.717) is 13.4 Å². The highest BCUT2D eigenvalue weighted by atomic mass is 16.5. The summed E-state index contributed by atoms with van der Waals surface area (Å²) in [6, 6.07) is 50.3. The van der Waals surface area contributed by atoms with E-state index in [9.17, 15) is 0 Å². The second-order valence-electron chi connectivity index (χ2n) is 10.6. The van der Waals surface area contributed by atoms with Crippen LogP contribution in [0.25, 0.3) is 54.6 Å². The monoisotopic (exact) mass is 554 g/mol. The second kappa shape index (κ2) is 10.4. The first-order valence-electron chi connectivity index (χ1n) is 14.2. The first-order valence-corrected chi connectivity index (χ1v) is 14.2. The van der Waals surface area contributed by atoms with Gasteiger partial charge in [-0.05, 0) is 99.4 Å². The van der Waals surface area contributed by atoms with Crippen molar-refractivity contribution in [2.75, 3.05) is 4.90 Å². The van der Waals surface area contributed by atoms with Crippen molar-refractivity contribution in [3.8, 4) is 16.9 Å². The summed E-state index contributed by atoms with van der Waals surface area (Å²) in [5, 5.41) is 16.1. The Morgan fingerprint density at radius 1 is 0.488 bits per heavy atom. The molecule has 0 saturated carbocycles. The molecule has 8 aromatic rings. The minimum atomic E-state index is 0.553. The molecule has 1 heterocycles. The van der Waals surface area contributed by atoms with Crippen molar-refractivity contribution in [3.63, 3.8) is 0 Å². The Hall–Kier alpha value is -5.52. The third-order valence-corrected chi connectivity index (χ3v) is 8.07. The summed E-state index contributed by atoms with van der Waals surface area (Å²) < 4.78 is 11.6. The van der Waals surface area contributed by atoms with Crippen LogP contribution >= 0.6 is 0 Å². The van der Waals surface area contributed by atoms with Crippen LogP contribution in [0.5, 0.6) is 5.75 Å². The summed E-state index contributed by atoms with van der Waals surface area (Å²) in [5.74, 6) is 0.553. The second-order valence-corrected chi connectivity index (χ2v) is 10.6. The van der Waals surface area contributed by atoms with Crippen LogP contribution in [-0.4, -0.2) is 12.7 Å². The SMILES string of the molecule is O[B]Oc1ccc(N(c2ccc(-c3ccc4ccccc4c3)cc2)c2ccc3c(c2)oc2cc4ccccc4cc23)cc1. The van der Waals surface area contributed by atoms with E-state index in [2.05, 4.69) is 120 Å². The van der Waals surface area contributed by atoms with Gasteiger partial charge in [-0.25, -0.2) is 0 Å². The van der Waals surface area contributed by atoms with Crippen molar-refractivity contribution < 1.29 is 14.1 Å². The van der Waals surface area contributed by atoms with E-state index in [0.717, 1.165) is 50.0 Å². The van der Waals surface area contributed by atoms with E-state index in [1.807, 2.05) is 30.3 Å². The Morgan fingerprint density at radius 2 is 1.07 bits per heavy atom. The Kier molecular flexibility index (Phi) is 6.09. The summed E-state index contributed by atoms with van der Waals surface area (Å²) in [7, 11) is 0.692. The summed E-state index contributed by atoms with van der Waals surface area (Å²) in [4.78, 5) is 2.19. The average molecular weight is 554 g/mol. The smallest absolute Gasteiger partial charge is 0.537 e. The summed E-state index contributed by atoms with van der Waals surface area (Å²) in [6.45, 7) is 0. The molecule has 0 spiro atoms. The molecule has 0 atom stereocenters. The summed E-state index contributed by atoms with van der Waals surface area (Å²) in [6.07, 6.45) is 0. The Bertz CT molecular complexity index is 2260. The zero-order valence-electron chi connectivity index (χ0n) is 23.1. The van der Waals surface area contributed by atoms with Gasteiger partial charge in [-0.2, -0.15) is 0 Å². The molecule has 5 heteroatoms. The standard InChI is InChI=1S/C38H25BNO3/c41-39-43-34-18-15-32(16-19-34)40(31-13-11-26(12-14-31)30-10-9-25-5-1-2-6-27(25)21-30)33-17-20-35-36-22-28-7-3-4-8-29(28)23-37(36)42-38(35)24-33/h1-24,41H. The molecule has 0 fully saturated rings. The van der Waals surface area contributed by atoms with E-state index >= 15 is 0 Å². The van der Waals surface area contributed by atoms with Crippen LogP contribution in [0, 0.1) is 0 Å². The van der Waals surface area contributed by atoms with Gasteiger partial charge in [-0.1, -0.05) is 72.8 Å². The number of hydrogen-bond acceptors (Lipinski definition) is 4. The molecule has 0 bridgehead atoms. The fraction of sp³-hybridized carbons (Fsp3) is 0. The Morgan fingerprint density at radius 3 is 1.79 bits per heavy atom. The number of nitrogens with zero attached hydrogens (tertiary/aromatic N) is 1. The van der Waals surface area contributed by atoms with Crippen molar-refractivity contribution >= 4 is 68.2 Å². The molecule has 0 unspecified atom stereocenters. The molecule has 43 heavy (non-hydrogen) atoms. The van der Waals surface area contributed by atoms with Gasteiger partial charge < -0.3 is 19.0 Å². The van der Waals surface area contributed by atoms with Crippen LogP contribution in [0.15, 0.2) is 150 Å². The maximum atomic E-state index is 9.09. The molecule has 7 aromatic carbocycles. The van der Waals surface area contributed by atoms with Crippen molar-refractivity contribution in [1.29, 1.82) is 0 Å². The fourth-order valence-electron chi connectivity index (χ4n) is 5.94. The quantitative estimate of drug-likeness (QED) is 0.208. The van der Waals surface area contributed by atoms with Crippen molar-refractivity contribution in [2.45, 2.75) is 0 Å². The largest absolute Gasteiger partial charge is 0.569 e. The molecule has 0 aliphatic carbocycles. The molecule has 8 rings (SSSR count). The lowest BCUT2D eigenvalue weighted by Gasteiger charge is -2.26. The molecular formula is C38H25BNO3. The number of benzene rings is 7. The third-order valence-electron chi connectivity index (χ3n) is 8.07. The van der Waals surface area contributed by atoms with E-state index in [1.165, 1.54) is 21.7 Å². The van der Waals surface area contributed by atoms with Crippen LogP contribution in [0.2, 0.25) is 0 Å². The fourth-order valence-corrected chi connectivity index (χ4v) is 5.94. The van der Waals surface area contributed by atoms with E-state index in [4.69, 9.17) is 14.1 Å². The van der Waals surface area contributed by atoms with Gasteiger partial charge in [0.15, 0.2) is 0 Å². The molecule has 0 aliphatic rings. The van der Waals surface area contributed by atoms with Crippen LogP contribution in [-0.2, 0) is 0 Å². The lowest BCUT2D eigenvalue weighted by molar-refractivity contribution is 0.454. The lowest BCUT2D eigenvalue weighted by atomic mass is 10.0. The van der Waals surface area contributed by atoms with Crippen LogP contribution in [0.1, 0.15) is 0 Å². The van der Waals surface area contributed by atoms with Crippen LogP contribution in [0.3, 0.4) is 0 Å². The van der Waals surface area contributed by atoms with E-state index in [1.54, 1.807) is 0 Å². The first-order chi connectivity index (χ1) is 21.2. The van der Waals surface area contributed by atoms with Gasteiger partial charge in [0.25, 0.3) is 0 Å². The molecule has 0 aliphatic heterocycles. The van der Waals surface area contributed by atoms with Crippen molar-refractivity contribution in [1.82, 2.24) is 0 Å². The van der Waals surface area contributed by atoms with Crippen LogP contribution in [0.4, 0.5) is 17.1 Å². The molecule has 1 N–H and O–H groups in total. The lowest BCUT2D eigenvalue weighted by Crippen LogP contribution is -2.10. The zero-order chi connectivity index (χ0) is 28.8. The number of anilines is 3. The van der Waals surface area contributed by atoms with Gasteiger partial charge in [-0.15, -0.1) is 0 Å². The highest BCUT2D eigenvalue weighted by Crippen LogP contribution is 2.40. The van der Waals surface area contributed by atoms with Gasteiger partial charge in [0.2, 0.25) is 0 Å². The maximum absolute atomic E-state index is 9.09. The Labute approximate surface area is 249 Å². The first kappa shape index (κ1) is 25.2. The number of fused-ring (bicyclic) bond motifs is 5. The third kappa shape index (κ3) is 4.57. The molecule has 203 valence electrons. The van der Waals surface area contributed by atoms with Gasteiger partial charge in [0.05, 0.1) is 0 Å². The zero-order valence-corrected chi connectivity index (χ0v) is 23.1. The maximum Gasteiger partial charge on any atom is 0.569 e. The number of rotatable bonds is 6. The van der Waals surface area contributed by atoms with Crippen molar-refractivity contribution in [3.05, 3.63) is 146 Å². The molecule has 4 nitrogen and oxygen atoms in total. The van der Waals surface area contributed by atoms with Gasteiger partial charge >= 0.3 is 7.69 Å². The van der Waals surface area contributed by atoms with Crippen molar-refractivity contribution in [2.24, 2.45) is 0 Å². The molecule has 0 amide bonds. The molecular weight excluding hydrogens is 529 g/mol. The molecule has 1 aromatic heterocycles. The number of furan rings is 1. The topological polar surface area (TPSA) is 45.8 Å². The highest BCUT2D eigenvalue weighted by molar-refractivity contribution is 6.17. The van der Waals surface area contributed by atoms with Gasteiger partial charge in [-0.3, -0.25) is 0 Å². The van der Waals surface area contributed by atoms with Crippen LogP contribution < -0.4 is 9.55 Å².